The molecular formula is C13H18N2O. The molecule has 1 heterocycles. The molecule has 1 aliphatic rings. The molecule has 1 saturated heterocycles. The summed E-state index contributed by atoms with van der Waals surface area (Å²) in [5.41, 5.74) is 6.67. The minimum Gasteiger partial charge on any atom is -0.368 e. The zero-order valence-electron chi connectivity index (χ0n) is 9.60. The number of amides is 1. The summed E-state index contributed by atoms with van der Waals surface area (Å²) in [7, 11) is 0. The van der Waals surface area contributed by atoms with Gasteiger partial charge >= 0.3 is 0 Å². The van der Waals surface area contributed by atoms with Crippen molar-refractivity contribution in [3.05, 3.63) is 35.9 Å². The van der Waals surface area contributed by atoms with E-state index in [0.29, 0.717) is 0 Å². The van der Waals surface area contributed by atoms with Crippen LogP contribution in [-0.2, 0) is 4.79 Å². The maximum Gasteiger partial charge on any atom is 0.234 e. The Morgan fingerprint density at radius 2 is 2.12 bits per heavy atom. The molecule has 16 heavy (non-hydrogen) atoms. The van der Waals surface area contributed by atoms with E-state index in [9.17, 15) is 4.79 Å². The largest absolute Gasteiger partial charge is 0.368 e. The van der Waals surface area contributed by atoms with E-state index in [0.717, 1.165) is 19.4 Å². The van der Waals surface area contributed by atoms with Gasteiger partial charge in [0.1, 0.15) is 0 Å². The molecule has 2 unspecified atom stereocenters. The summed E-state index contributed by atoms with van der Waals surface area (Å²) in [5, 5.41) is 0. The van der Waals surface area contributed by atoms with E-state index in [1.807, 2.05) is 18.2 Å². The van der Waals surface area contributed by atoms with Crippen LogP contribution >= 0.6 is 0 Å². The number of nitrogens with two attached hydrogens (primary N) is 1. The van der Waals surface area contributed by atoms with Crippen molar-refractivity contribution in [1.82, 2.24) is 4.90 Å². The van der Waals surface area contributed by atoms with E-state index < -0.39 is 0 Å². The molecule has 0 saturated carbocycles. The van der Waals surface area contributed by atoms with Gasteiger partial charge in [0.05, 0.1) is 6.04 Å². The van der Waals surface area contributed by atoms with E-state index in [1.165, 1.54) is 5.56 Å². The lowest BCUT2D eigenvalue weighted by molar-refractivity contribution is -0.122. The molecule has 2 N–H and O–H groups in total. The highest BCUT2D eigenvalue weighted by Gasteiger charge is 2.32. The third-order valence-corrected chi connectivity index (χ3v) is 3.40. The second kappa shape index (κ2) is 4.66. The van der Waals surface area contributed by atoms with Crippen LogP contribution in [0.2, 0.25) is 0 Å². The summed E-state index contributed by atoms with van der Waals surface area (Å²) >= 11 is 0. The molecule has 1 aliphatic heterocycles. The normalized spacial score (nSPS) is 23.2. The first kappa shape index (κ1) is 11.1. The van der Waals surface area contributed by atoms with E-state index in [4.69, 9.17) is 5.73 Å². The van der Waals surface area contributed by atoms with Crippen LogP contribution in [0.4, 0.5) is 0 Å². The molecule has 0 aromatic heterocycles. The van der Waals surface area contributed by atoms with E-state index in [2.05, 4.69) is 24.0 Å². The molecular weight excluding hydrogens is 200 g/mol. The molecule has 0 spiro atoms. The Bertz CT molecular complexity index is 363. The fourth-order valence-corrected chi connectivity index (χ4v) is 2.48. The Morgan fingerprint density at radius 3 is 2.75 bits per heavy atom. The Balaban J connectivity index is 2.15. The lowest BCUT2D eigenvalue weighted by atomic mass is 10.1. The third kappa shape index (κ3) is 2.09. The van der Waals surface area contributed by atoms with Crippen LogP contribution in [0.3, 0.4) is 0 Å². The molecule has 86 valence electrons. The van der Waals surface area contributed by atoms with Gasteiger partial charge in [-0.25, -0.2) is 0 Å². The van der Waals surface area contributed by atoms with Gasteiger partial charge in [-0.2, -0.15) is 0 Å². The molecule has 2 atom stereocenters. The second-order valence-corrected chi connectivity index (χ2v) is 4.38. The first-order valence-corrected chi connectivity index (χ1v) is 5.80. The third-order valence-electron chi connectivity index (χ3n) is 3.40. The number of likely N-dealkylation sites (tertiary alicyclic amines) is 1. The van der Waals surface area contributed by atoms with Crippen molar-refractivity contribution in [3.63, 3.8) is 0 Å². The predicted octanol–water partition coefficient (Wildman–Crippen LogP) is 1.70. The Kier molecular flexibility index (Phi) is 3.25. The van der Waals surface area contributed by atoms with Gasteiger partial charge in [0.25, 0.3) is 0 Å². The summed E-state index contributed by atoms with van der Waals surface area (Å²) in [6.45, 7) is 3.10. The van der Waals surface area contributed by atoms with Gasteiger partial charge in [0.2, 0.25) is 5.91 Å². The number of nitrogens with zero attached hydrogens (tertiary/aromatic N) is 1. The minimum atomic E-state index is -0.194. The molecule has 0 radical (unpaired) electrons. The van der Waals surface area contributed by atoms with Gasteiger partial charge in [0.15, 0.2) is 0 Å². The topological polar surface area (TPSA) is 46.3 Å². The molecule has 2 rings (SSSR count). The number of hydrogen-bond acceptors (Lipinski definition) is 2. The van der Waals surface area contributed by atoms with Gasteiger partial charge in [-0.3, -0.25) is 9.69 Å². The number of carbonyl (C=O) groups is 1. The monoisotopic (exact) mass is 218 g/mol. The van der Waals surface area contributed by atoms with Gasteiger partial charge < -0.3 is 5.73 Å². The smallest absolute Gasteiger partial charge is 0.234 e. The highest BCUT2D eigenvalue weighted by Crippen LogP contribution is 2.28. The zero-order chi connectivity index (χ0) is 11.5. The van der Waals surface area contributed by atoms with Crippen molar-refractivity contribution in [2.45, 2.75) is 31.8 Å². The SMILES string of the molecule is CC(c1ccccc1)N1CCCC1C(N)=O. The van der Waals surface area contributed by atoms with Crippen LogP contribution in [0.25, 0.3) is 0 Å². The van der Waals surface area contributed by atoms with Gasteiger partial charge in [-0.15, -0.1) is 0 Å². The van der Waals surface area contributed by atoms with Gasteiger partial charge in [-0.05, 0) is 31.9 Å². The number of benzene rings is 1. The summed E-state index contributed by atoms with van der Waals surface area (Å²) in [6, 6.07) is 10.4. The molecule has 0 aliphatic carbocycles. The predicted molar refractivity (Wildman–Crippen MR) is 63.8 cm³/mol. The molecule has 1 amide bonds. The Morgan fingerprint density at radius 1 is 1.44 bits per heavy atom. The van der Waals surface area contributed by atoms with Crippen molar-refractivity contribution in [2.75, 3.05) is 6.54 Å². The molecule has 1 fully saturated rings. The quantitative estimate of drug-likeness (QED) is 0.839. The lowest BCUT2D eigenvalue weighted by Gasteiger charge is -2.29. The fraction of sp³-hybridized carbons (Fsp3) is 0.462. The number of hydrogen-bond donors (Lipinski definition) is 1. The summed E-state index contributed by atoms with van der Waals surface area (Å²) in [5.74, 6) is -0.194. The van der Waals surface area contributed by atoms with Crippen LogP contribution < -0.4 is 5.73 Å². The summed E-state index contributed by atoms with van der Waals surface area (Å²) in [6.07, 6.45) is 1.96. The summed E-state index contributed by atoms with van der Waals surface area (Å²) < 4.78 is 0. The highest BCUT2D eigenvalue weighted by atomic mass is 16.1. The Hall–Kier alpha value is -1.35. The minimum absolute atomic E-state index is 0.0878. The number of carbonyl (C=O) groups excluding carboxylic acids is 1. The second-order valence-electron chi connectivity index (χ2n) is 4.38. The van der Waals surface area contributed by atoms with Crippen LogP contribution in [0.5, 0.6) is 0 Å². The van der Waals surface area contributed by atoms with Crippen molar-refractivity contribution in [2.24, 2.45) is 5.73 Å². The maximum absolute atomic E-state index is 11.3. The molecule has 1 aromatic carbocycles. The highest BCUT2D eigenvalue weighted by molar-refractivity contribution is 5.80. The zero-order valence-corrected chi connectivity index (χ0v) is 9.60. The van der Waals surface area contributed by atoms with E-state index in [1.54, 1.807) is 0 Å². The van der Waals surface area contributed by atoms with Crippen LogP contribution in [0, 0.1) is 0 Å². The lowest BCUT2D eigenvalue weighted by Crippen LogP contribution is -2.41. The standard InChI is InChI=1S/C13H18N2O/c1-10(11-6-3-2-4-7-11)15-9-5-8-12(15)13(14)16/h2-4,6-7,10,12H,5,8-9H2,1H3,(H2,14,16). The fourth-order valence-electron chi connectivity index (χ4n) is 2.48. The Labute approximate surface area is 96.2 Å². The van der Waals surface area contributed by atoms with Gasteiger partial charge in [0, 0.05) is 6.04 Å². The van der Waals surface area contributed by atoms with E-state index >= 15 is 0 Å². The van der Waals surface area contributed by atoms with Crippen LogP contribution in [0.1, 0.15) is 31.4 Å². The van der Waals surface area contributed by atoms with Crippen molar-refractivity contribution >= 4 is 5.91 Å². The first-order valence-electron chi connectivity index (χ1n) is 5.80. The molecule has 3 nitrogen and oxygen atoms in total. The van der Waals surface area contributed by atoms with Crippen molar-refractivity contribution in [3.8, 4) is 0 Å². The van der Waals surface area contributed by atoms with Crippen molar-refractivity contribution < 1.29 is 4.79 Å². The maximum atomic E-state index is 11.3. The van der Waals surface area contributed by atoms with Crippen LogP contribution in [0.15, 0.2) is 30.3 Å². The average Bonchev–Trinajstić information content (AvgIpc) is 2.78. The first-order chi connectivity index (χ1) is 7.70. The molecule has 0 bridgehead atoms. The number of rotatable bonds is 3. The molecule has 3 heteroatoms. The van der Waals surface area contributed by atoms with Crippen molar-refractivity contribution in [1.29, 1.82) is 0 Å². The van der Waals surface area contributed by atoms with Crippen LogP contribution in [-0.4, -0.2) is 23.4 Å². The summed E-state index contributed by atoms with van der Waals surface area (Å²) in [4.78, 5) is 13.5. The number of primary amides is 1. The van der Waals surface area contributed by atoms with Gasteiger partial charge in [-0.1, -0.05) is 30.3 Å². The van der Waals surface area contributed by atoms with E-state index in [-0.39, 0.29) is 18.0 Å². The molecule has 1 aromatic rings. The average molecular weight is 218 g/mol.